The van der Waals surface area contributed by atoms with Crippen LogP contribution in [-0.4, -0.2) is 34.1 Å². The smallest absolute Gasteiger partial charge is 0.252 e. The monoisotopic (exact) mass is 380 g/mol. The largest absolute Gasteiger partial charge is 0.381 e. The molecular weight excluding hydrogens is 367 g/mol. The van der Waals surface area contributed by atoms with Gasteiger partial charge in [0.25, 0.3) is 5.91 Å². The molecule has 9 heteroatoms. The van der Waals surface area contributed by atoms with Gasteiger partial charge in [0.1, 0.15) is 5.82 Å². The van der Waals surface area contributed by atoms with Gasteiger partial charge in [0, 0.05) is 19.1 Å². The Kier molecular flexibility index (Phi) is 4.97. The highest BCUT2D eigenvalue weighted by Crippen LogP contribution is 2.26. The number of sulfonamides is 1. The first-order valence-corrected chi connectivity index (χ1v) is 8.50. The predicted molar refractivity (Wildman–Crippen MR) is 76.7 cm³/mol. The van der Waals surface area contributed by atoms with E-state index in [-0.39, 0.29) is 16.0 Å². The Morgan fingerprint density at radius 2 is 2.24 bits per heavy atom. The molecule has 0 aromatic heterocycles. The van der Waals surface area contributed by atoms with Crippen molar-refractivity contribution in [3.8, 4) is 0 Å². The minimum atomic E-state index is -4.13. The van der Waals surface area contributed by atoms with Crippen LogP contribution in [-0.2, 0) is 14.8 Å². The first-order chi connectivity index (χ1) is 9.79. The number of benzene rings is 1. The summed E-state index contributed by atoms with van der Waals surface area (Å²) in [6.45, 7) is 1.60. The van der Waals surface area contributed by atoms with Crippen LogP contribution in [0.5, 0.6) is 0 Å². The van der Waals surface area contributed by atoms with E-state index in [1.54, 1.807) is 0 Å². The van der Waals surface area contributed by atoms with Crippen LogP contribution in [0.1, 0.15) is 16.8 Å². The van der Waals surface area contributed by atoms with E-state index in [2.05, 4.69) is 21.2 Å². The topological polar surface area (TPSA) is 98.5 Å². The van der Waals surface area contributed by atoms with E-state index in [1.165, 1.54) is 0 Å². The molecule has 1 amide bonds. The molecule has 0 aliphatic carbocycles. The number of hydrogen-bond acceptors (Lipinski definition) is 4. The van der Waals surface area contributed by atoms with Gasteiger partial charge in [-0.15, -0.1) is 0 Å². The molecule has 1 aromatic carbocycles. The summed E-state index contributed by atoms with van der Waals surface area (Å²) in [5, 5.41) is 7.63. The molecule has 6 nitrogen and oxygen atoms in total. The average Bonchev–Trinajstić information content (AvgIpc) is 2.90. The van der Waals surface area contributed by atoms with Gasteiger partial charge in [0.2, 0.25) is 10.0 Å². The first-order valence-electron chi connectivity index (χ1n) is 6.17. The van der Waals surface area contributed by atoms with Crippen LogP contribution in [0.3, 0.4) is 0 Å². The number of carbonyl (C=O) groups is 1. The second-order valence-corrected chi connectivity index (χ2v) is 7.07. The van der Waals surface area contributed by atoms with Gasteiger partial charge in [0.05, 0.1) is 21.5 Å². The molecule has 1 saturated heterocycles. The van der Waals surface area contributed by atoms with Gasteiger partial charge in [-0.3, -0.25) is 4.79 Å². The van der Waals surface area contributed by atoms with Crippen molar-refractivity contribution < 1.29 is 22.3 Å². The molecule has 1 heterocycles. The van der Waals surface area contributed by atoms with Crippen LogP contribution in [0.2, 0.25) is 0 Å². The van der Waals surface area contributed by atoms with E-state index < -0.39 is 26.6 Å². The van der Waals surface area contributed by atoms with E-state index in [1.807, 2.05) is 0 Å². The summed E-state index contributed by atoms with van der Waals surface area (Å²) in [5.74, 6) is -1.21. The third-order valence-electron chi connectivity index (χ3n) is 3.13. The van der Waals surface area contributed by atoms with Crippen LogP contribution in [0, 0.1) is 11.7 Å². The van der Waals surface area contributed by atoms with Gasteiger partial charge in [-0.05, 0) is 34.5 Å². The highest BCUT2D eigenvalue weighted by Gasteiger charge is 2.22. The fourth-order valence-corrected chi connectivity index (χ4v) is 3.74. The lowest BCUT2D eigenvalue weighted by Gasteiger charge is -2.12. The number of carbonyl (C=O) groups excluding carboxylic acids is 1. The Bertz CT molecular complexity index is 659. The maximum absolute atomic E-state index is 13.5. The van der Waals surface area contributed by atoms with E-state index in [9.17, 15) is 17.6 Å². The molecule has 1 unspecified atom stereocenters. The molecule has 2 rings (SSSR count). The number of ether oxygens (including phenoxy) is 1. The second-order valence-electron chi connectivity index (χ2n) is 4.75. The lowest BCUT2D eigenvalue weighted by atomic mass is 10.1. The van der Waals surface area contributed by atoms with Gasteiger partial charge in [-0.1, -0.05) is 0 Å². The van der Waals surface area contributed by atoms with Crippen molar-refractivity contribution in [2.24, 2.45) is 11.1 Å². The van der Waals surface area contributed by atoms with Gasteiger partial charge in [-0.2, -0.15) is 0 Å². The molecule has 0 radical (unpaired) electrons. The van der Waals surface area contributed by atoms with E-state index in [4.69, 9.17) is 9.88 Å². The van der Waals surface area contributed by atoms with E-state index in [0.29, 0.717) is 19.8 Å². The summed E-state index contributed by atoms with van der Waals surface area (Å²) < 4.78 is 41.4. The zero-order valence-corrected chi connectivity index (χ0v) is 13.3. The molecule has 1 aromatic rings. The average molecular weight is 381 g/mol. The van der Waals surface area contributed by atoms with Crippen molar-refractivity contribution in [3.05, 3.63) is 28.0 Å². The summed E-state index contributed by atoms with van der Waals surface area (Å²) in [7, 11) is -4.13. The predicted octanol–water partition coefficient (Wildman–Crippen LogP) is 1.00. The second kappa shape index (κ2) is 6.39. The molecule has 1 atom stereocenters. The Hall–Kier alpha value is -1.03. The minimum Gasteiger partial charge on any atom is -0.381 e. The summed E-state index contributed by atoms with van der Waals surface area (Å²) >= 11 is 2.99. The van der Waals surface area contributed by atoms with Crippen molar-refractivity contribution in [3.63, 3.8) is 0 Å². The minimum absolute atomic E-state index is 0.0495. The van der Waals surface area contributed by atoms with Gasteiger partial charge in [-0.25, -0.2) is 17.9 Å². The number of nitrogens with two attached hydrogens (primary N) is 1. The Balaban J connectivity index is 2.22. The van der Waals surface area contributed by atoms with Crippen LogP contribution >= 0.6 is 15.9 Å². The number of rotatable bonds is 4. The number of hydrogen-bond donors (Lipinski definition) is 2. The van der Waals surface area contributed by atoms with Gasteiger partial charge < -0.3 is 10.1 Å². The molecule has 0 spiro atoms. The Labute approximate surface area is 130 Å². The summed E-state index contributed by atoms with van der Waals surface area (Å²) in [6, 6.07) is 1.72. The lowest BCUT2D eigenvalue weighted by molar-refractivity contribution is 0.0943. The Morgan fingerprint density at radius 3 is 2.81 bits per heavy atom. The van der Waals surface area contributed by atoms with Crippen LogP contribution < -0.4 is 10.5 Å². The standard InChI is InChI=1S/C12H14BrFN2O4S/c13-11-9(3-8(14)4-10(11)21(15,18)19)12(17)16-5-7-1-2-20-6-7/h3-4,7H,1-2,5-6H2,(H,16,17)(H2,15,18,19). The normalized spacial score (nSPS) is 18.7. The van der Waals surface area contributed by atoms with Crippen molar-refractivity contribution in [2.75, 3.05) is 19.8 Å². The number of amides is 1. The van der Waals surface area contributed by atoms with Crippen molar-refractivity contribution in [1.29, 1.82) is 0 Å². The lowest BCUT2D eigenvalue weighted by Crippen LogP contribution is -2.30. The van der Waals surface area contributed by atoms with Crippen molar-refractivity contribution >= 4 is 31.9 Å². The van der Waals surface area contributed by atoms with Gasteiger partial charge in [0.15, 0.2) is 0 Å². The molecule has 1 aliphatic rings. The van der Waals surface area contributed by atoms with E-state index >= 15 is 0 Å². The molecule has 0 bridgehead atoms. The van der Waals surface area contributed by atoms with Crippen LogP contribution in [0.4, 0.5) is 4.39 Å². The molecule has 3 N–H and O–H groups in total. The molecule has 0 saturated carbocycles. The molecule has 116 valence electrons. The maximum Gasteiger partial charge on any atom is 0.252 e. The summed E-state index contributed by atoms with van der Waals surface area (Å²) in [5.41, 5.74) is -0.113. The molecule has 21 heavy (non-hydrogen) atoms. The number of primary sulfonamides is 1. The zero-order chi connectivity index (χ0) is 15.6. The fraction of sp³-hybridized carbons (Fsp3) is 0.417. The van der Waals surface area contributed by atoms with Crippen molar-refractivity contribution in [1.82, 2.24) is 5.32 Å². The summed E-state index contributed by atoms with van der Waals surface area (Å²) in [6.07, 6.45) is 0.840. The van der Waals surface area contributed by atoms with Crippen molar-refractivity contribution in [2.45, 2.75) is 11.3 Å². The third-order valence-corrected chi connectivity index (χ3v) is 5.18. The SMILES string of the molecule is NS(=O)(=O)c1cc(F)cc(C(=O)NCC2CCOC2)c1Br. The van der Waals surface area contributed by atoms with Crippen LogP contribution in [0.15, 0.2) is 21.5 Å². The molecular formula is C12H14BrFN2O4S. The third kappa shape index (κ3) is 4.00. The highest BCUT2D eigenvalue weighted by molar-refractivity contribution is 9.10. The van der Waals surface area contributed by atoms with Gasteiger partial charge >= 0.3 is 0 Å². The van der Waals surface area contributed by atoms with Crippen LogP contribution in [0.25, 0.3) is 0 Å². The quantitative estimate of drug-likeness (QED) is 0.813. The number of halogens is 2. The Morgan fingerprint density at radius 1 is 1.52 bits per heavy atom. The summed E-state index contributed by atoms with van der Waals surface area (Å²) in [4.78, 5) is 11.6. The molecule has 1 aliphatic heterocycles. The van der Waals surface area contributed by atoms with E-state index in [0.717, 1.165) is 18.6 Å². The highest BCUT2D eigenvalue weighted by atomic mass is 79.9. The maximum atomic E-state index is 13.5. The first kappa shape index (κ1) is 16.3. The number of nitrogens with one attached hydrogen (secondary N) is 1. The zero-order valence-electron chi connectivity index (χ0n) is 10.9. The fourth-order valence-electron chi connectivity index (χ4n) is 2.01. The molecule has 1 fully saturated rings.